The molecule has 0 unspecified atom stereocenters. The average molecular weight is 286 g/mol. The molecule has 0 aliphatic heterocycles. The second-order valence-corrected chi connectivity index (χ2v) is 6.06. The second-order valence-electron chi connectivity index (χ2n) is 6.06. The molecule has 20 heavy (non-hydrogen) atoms. The minimum atomic E-state index is -0.353. The quantitative estimate of drug-likeness (QED) is 0.268. The molecule has 0 rings (SSSR count). The molecule has 2 nitrogen and oxygen atoms in total. The zero-order valence-corrected chi connectivity index (χ0v) is 14.5. The van der Waals surface area contributed by atoms with Gasteiger partial charge in [-0.05, 0) is 26.2 Å². The van der Waals surface area contributed by atoms with Gasteiger partial charge in [-0.15, -0.1) is 0 Å². The van der Waals surface area contributed by atoms with E-state index in [1.54, 1.807) is 0 Å². The Morgan fingerprint density at radius 3 is 1.50 bits per heavy atom. The van der Waals surface area contributed by atoms with Crippen LogP contribution in [0.1, 0.15) is 98.3 Å². The van der Waals surface area contributed by atoms with Gasteiger partial charge in [0.15, 0.2) is 5.79 Å². The van der Waals surface area contributed by atoms with Gasteiger partial charge in [0.1, 0.15) is 0 Å². The van der Waals surface area contributed by atoms with Gasteiger partial charge in [0.05, 0.1) is 0 Å². The fourth-order valence-electron chi connectivity index (χ4n) is 2.40. The minimum Gasteiger partial charge on any atom is -0.350 e. The minimum absolute atomic E-state index is 0.353. The number of hydrogen-bond donors (Lipinski definition) is 0. The van der Waals surface area contributed by atoms with Crippen LogP contribution in [0.25, 0.3) is 0 Å². The van der Waals surface area contributed by atoms with Crippen LogP contribution in [-0.4, -0.2) is 19.0 Å². The van der Waals surface area contributed by atoms with Crippen molar-refractivity contribution < 1.29 is 9.47 Å². The molecule has 0 saturated carbocycles. The lowest BCUT2D eigenvalue weighted by Crippen LogP contribution is -2.33. The third-order valence-electron chi connectivity index (χ3n) is 3.71. The van der Waals surface area contributed by atoms with Crippen molar-refractivity contribution in [1.29, 1.82) is 0 Å². The zero-order valence-electron chi connectivity index (χ0n) is 14.5. The van der Waals surface area contributed by atoms with Crippen LogP contribution >= 0.6 is 0 Å². The van der Waals surface area contributed by atoms with E-state index in [0.29, 0.717) is 0 Å². The van der Waals surface area contributed by atoms with Crippen LogP contribution in [0, 0.1) is 0 Å². The van der Waals surface area contributed by atoms with Gasteiger partial charge < -0.3 is 9.47 Å². The fourth-order valence-corrected chi connectivity index (χ4v) is 2.40. The van der Waals surface area contributed by atoms with E-state index in [1.165, 1.54) is 51.4 Å². The molecule has 0 aromatic heterocycles. The van der Waals surface area contributed by atoms with E-state index in [9.17, 15) is 0 Å². The van der Waals surface area contributed by atoms with Crippen molar-refractivity contribution in [3.63, 3.8) is 0 Å². The van der Waals surface area contributed by atoms with E-state index < -0.39 is 0 Å². The first kappa shape index (κ1) is 19.9. The summed E-state index contributed by atoms with van der Waals surface area (Å²) in [5.41, 5.74) is 0. The highest BCUT2D eigenvalue weighted by molar-refractivity contribution is 4.64. The molecule has 0 bridgehead atoms. The van der Waals surface area contributed by atoms with Crippen molar-refractivity contribution in [3.8, 4) is 0 Å². The maximum Gasteiger partial charge on any atom is 0.165 e. The van der Waals surface area contributed by atoms with E-state index in [0.717, 1.165) is 32.5 Å². The van der Waals surface area contributed by atoms with Crippen LogP contribution in [0.2, 0.25) is 0 Å². The Morgan fingerprint density at radius 1 is 0.600 bits per heavy atom. The highest BCUT2D eigenvalue weighted by atomic mass is 16.7. The maximum atomic E-state index is 5.92. The zero-order chi connectivity index (χ0) is 15.1. The largest absolute Gasteiger partial charge is 0.350 e. The summed E-state index contributed by atoms with van der Waals surface area (Å²) in [5.74, 6) is -0.353. The Labute approximate surface area is 127 Å². The Hall–Kier alpha value is -0.0800. The molecule has 0 spiro atoms. The van der Waals surface area contributed by atoms with Crippen molar-refractivity contribution in [2.45, 2.75) is 104 Å². The van der Waals surface area contributed by atoms with Crippen molar-refractivity contribution in [2.75, 3.05) is 13.2 Å². The summed E-state index contributed by atoms with van der Waals surface area (Å²) >= 11 is 0. The van der Waals surface area contributed by atoms with Crippen molar-refractivity contribution in [1.82, 2.24) is 0 Å². The van der Waals surface area contributed by atoms with Crippen molar-refractivity contribution in [3.05, 3.63) is 0 Å². The predicted molar refractivity (Wildman–Crippen MR) is 88.1 cm³/mol. The SMILES string of the molecule is CCCCCCCCCCC(C)(OCCC)OCCC. The van der Waals surface area contributed by atoms with Gasteiger partial charge in [0.25, 0.3) is 0 Å². The first-order valence-electron chi connectivity index (χ1n) is 8.96. The monoisotopic (exact) mass is 286 g/mol. The summed E-state index contributed by atoms with van der Waals surface area (Å²) in [6.45, 7) is 10.3. The molecule has 0 aliphatic rings. The van der Waals surface area contributed by atoms with E-state index >= 15 is 0 Å². The molecular formula is C18H38O2. The number of rotatable bonds is 15. The van der Waals surface area contributed by atoms with Crippen LogP contribution in [0.3, 0.4) is 0 Å². The third kappa shape index (κ3) is 11.7. The molecule has 0 atom stereocenters. The standard InChI is InChI=1S/C18H38O2/c1-5-8-9-10-11-12-13-14-15-18(4,19-16-6-2)20-17-7-3/h5-17H2,1-4H3. The molecule has 0 N–H and O–H groups in total. The van der Waals surface area contributed by atoms with Gasteiger partial charge in [-0.1, -0.05) is 65.7 Å². The van der Waals surface area contributed by atoms with Crippen LogP contribution in [0.15, 0.2) is 0 Å². The third-order valence-corrected chi connectivity index (χ3v) is 3.71. The van der Waals surface area contributed by atoms with E-state index in [-0.39, 0.29) is 5.79 Å². The van der Waals surface area contributed by atoms with Gasteiger partial charge in [-0.25, -0.2) is 0 Å². The highest BCUT2D eigenvalue weighted by Gasteiger charge is 2.24. The van der Waals surface area contributed by atoms with E-state index in [1.807, 2.05) is 0 Å². The summed E-state index contributed by atoms with van der Waals surface area (Å²) in [7, 11) is 0. The summed E-state index contributed by atoms with van der Waals surface area (Å²) in [4.78, 5) is 0. The van der Waals surface area contributed by atoms with E-state index in [2.05, 4.69) is 27.7 Å². The first-order valence-corrected chi connectivity index (χ1v) is 8.96. The topological polar surface area (TPSA) is 18.5 Å². The molecule has 0 amide bonds. The van der Waals surface area contributed by atoms with Crippen molar-refractivity contribution >= 4 is 0 Å². The Balaban J connectivity index is 3.67. The molecule has 0 saturated heterocycles. The van der Waals surface area contributed by atoms with Gasteiger partial charge in [0.2, 0.25) is 0 Å². The Kier molecular flexibility index (Phi) is 13.8. The van der Waals surface area contributed by atoms with Gasteiger partial charge >= 0.3 is 0 Å². The predicted octanol–water partition coefficient (Wildman–Crippen LogP) is 6.09. The van der Waals surface area contributed by atoms with E-state index in [4.69, 9.17) is 9.47 Å². The molecular weight excluding hydrogens is 248 g/mol. The smallest absolute Gasteiger partial charge is 0.165 e. The molecule has 0 aliphatic carbocycles. The lowest BCUT2D eigenvalue weighted by atomic mass is 10.0. The highest BCUT2D eigenvalue weighted by Crippen LogP contribution is 2.22. The molecule has 0 aromatic rings. The lowest BCUT2D eigenvalue weighted by Gasteiger charge is -2.30. The molecule has 0 heterocycles. The molecule has 0 aromatic carbocycles. The molecule has 122 valence electrons. The fraction of sp³-hybridized carbons (Fsp3) is 1.00. The van der Waals surface area contributed by atoms with Gasteiger partial charge in [0, 0.05) is 19.6 Å². The number of unbranched alkanes of at least 4 members (excludes halogenated alkanes) is 7. The van der Waals surface area contributed by atoms with Crippen molar-refractivity contribution in [2.24, 2.45) is 0 Å². The number of hydrogen-bond acceptors (Lipinski definition) is 2. The van der Waals surface area contributed by atoms with Gasteiger partial charge in [-0.3, -0.25) is 0 Å². The summed E-state index contributed by atoms with van der Waals surface area (Å²) in [5, 5.41) is 0. The summed E-state index contributed by atoms with van der Waals surface area (Å²) in [6.07, 6.45) is 14.0. The number of ether oxygens (including phenoxy) is 2. The Bertz CT molecular complexity index is 184. The van der Waals surface area contributed by atoms with Gasteiger partial charge in [-0.2, -0.15) is 0 Å². The van der Waals surface area contributed by atoms with Crippen LogP contribution in [0.5, 0.6) is 0 Å². The first-order chi connectivity index (χ1) is 9.68. The summed E-state index contributed by atoms with van der Waals surface area (Å²) < 4.78 is 11.8. The van der Waals surface area contributed by atoms with Crippen LogP contribution in [0.4, 0.5) is 0 Å². The molecule has 0 radical (unpaired) electrons. The van der Waals surface area contributed by atoms with Crippen LogP contribution < -0.4 is 0 Å². The Morgan fingerprint density at radius 2 is 1.05 bits per heavy atom. The molecule has 0 fully saturated rings. The lowest BCUT2D eigenvalue weighted by molar-refractivity contribution is -0.229. The average Bonchev–Trinajstić information content (AvgIpc) is 2.46. The maximum absolute atomic E-state index is 5.92. The second kappa shape index (κ2) is 13.9. The van der Waals surface area contributed by atoms with Crippen LogP contribution in [-0.2, 0) is 9.47 Å². The summed E-state index contributed by atoms with van der Waals surface area (Å²) in [6, 6.07) is 0. The normalized spacial score (nSPS) is 12.0. The molecule has 2 heteroatoms.